The molecule has 1 saturated heterocycles. The smallest absolute Gasteiger partial charge is 0.356 e. The average Bonchev–Trinajstić information content (AvgIpc) is 3.02. The van der Waals surface area contributed by atoms with Crippen molar-refractivity contribution in [3.05, 3.63) is 96.6 Å². The van der Waals surface area contributed by atoms with Crippen molar-refractivity contribution < 1.29 is 23.8 Å². The van der Waals surface area contributed by atoms with Crippen molar-refractivity contribution in [2.75, 3.05) is 31.6 Å². The molecule has 3 aromatic rings. The van der Waals surface area contributed by atoms with Crippen LogP contribution in [0.1, 0.15) is 5.56 Å². The summed E-state index contributed by atoms with van der Waals surface area (Å²) in [6.45, 7) is 1.90. The van der Waals surface area contributed by atoms with Crippen molar-refractivity contribution in [2.45, 2.75) is 12.5 Å². The maximum atomic E-state index is 12.5. The van der Waals surface area contributed by atoms with Gasteiger partial charge in [0.1, 0.15) is 5.75 Å². The number of para-hydroxylation sites is 2. The Kier molecular flexibility index (Phi) is 6.25. The molecule has 0 saturated carbocycles. The molecule has 0 N–H and O–H groups in total. The minimum atomic E-state index is -1.62. The average molecular weight is 471 g/mol. The lowest BCUT2D eigenvalue weighted by Gasteiger charge is -2.48. The van der Waals surface area contributed by atoms with Crippen molar-refractivity contribution in [3.8, 4) is 16.9 Å². The maximum Gasteiger partial charge on any atom is 0.356 e. The van der Waals surface area contributed by atoms with E-state index in [2.05, 4.69) is 35.2 Å². The van der Waals surface area contributed by atoms with Gasteiger partial charge in [0.25, 0.3) is 0 Å². The fraction of sp³-hybridized carbons (Fsp3) is 0.214. The first-order valence-corrected chi connectivity index (χ1v) is 11.5. The highest BCUT2D eigenvalue weighted by atomic mass is 16.8. The number of hydrogen-bond acceptors (Lipinski definition) is 7. The van der Waals surface area contributed by atoms with E-state index in [9.17, 15) is 9.59 Å². The number of ether oxygens (including phenoxy) is 3. The molecule has 7 heteroatoms. The minimum absolute atomic E-state index is 0.180. The van der Waals surface area contributed by atoms with E-state index >= 15 is 0 Å². The second-order valence-corrected chi connectivity index (χ2v) is 8.49. The van der Waals surface area contributed by atoms with Crippen molar-refractivity contribution >= 4 is 17.6 Å². The predicted octanol–water partition coefficient (Wildman–Crippen LogP) is 3.99. The molecule has 2 aliphatic rings. The van der Waals surface area contributed by atoms with Crippen LogP contribution in [-0.4, -0.2) is 49.5 Å². The molecule has 0 radical (unpaired) electrons. The molecule has 2 aliphatic heterocycles. The Balaban J connectivity index is 1.45. The van der Waals surface area contributed by atoms with Crippen LogP contribution in [0.15, 0.2) is 91.0 Å². The third-order valence-corrected chi connectivity index (χ3v) is 6.17. The summed E-state index contributed by atoms with van der Waals surface area (Å²) in [5.41, 5.74) is 4.06. The molecule has 0 aromatic heterocycles. The summed E-state index contributed by atoms with van der Waals surface area (Å²) in [4.78, 5) is 28.9. The Hall–Kier alpha value is -4.10. The van der Waals surface area contributed by atoms with E-state index in [1.54, 1.807) is 12.0 Å². The molecule has 0 unspecified atom stereocenters. The van der Waals surface area contributed by atoms with Crippen LogP contribution >= 0.6 is 0 Å². The van der Waals surface area contributed by atoms with Gasteiger partial charge in [-0.25, -0.2) is 9.59 Å². The number of carbonyl (C=O) groups excluding carboxylic acids is 2. The third-order valence-electron chi connectivity index (χ3n) is 6.17. The van der Waals surface area contributed by atoms with Crippen molar-refractivity contribution in [1.82, 2.24) is 4.90 Å². The first-order valence-electron chi connectivity index (χ1n) is 11.5. The number of hydrogen-bond donors (Lipinski definition) is 0. The van der Waals surface area contributed by atoms with Crippen LogP contribution in [0, 0.1) is 0 Å². The highest BCUT2D eigenvalue weighted by Crippen LogP contribution is 2.38. The number of esters is 2. The molecule has 3 aromatic carbocycles. The normalized spacial score (nSPS) is 17.6. The summed E-state index contributed by atoms with van der Waals surface area (Å²) < 4.78 is 17.1. The molecule has 35 heavy (non-hydrogen) atoms. The highest BCUT2D eigenvalue weighted by molar-refractivity contribution is 5.93. The first-order chi connectivity index (χ1) is 17.1. The topological polar surface area (TPSA) is 68.3 Å². The van der Waals surface area contributed by atoms with Crippen LogP contribution < -0.4 is 9.64 Å². The van der Waals surface area contributed by atoms with Gasteiger partial charge in [-0.2, -0.15) is 0 Å². The van der Waals surface area contributed by atoms with Gasteiger partial charge in [-0.1, -0.05) is 60.7 Å². The predicted molar refractivity (Wildman–Crippen MR) is 132 cm³/mol. The fourth-order valence-electron chi connectivity index (χ4n) is 4.60. The number of benzene rings is 3. The molecule has 0 atom stereocenters. The summed E-state index contributed by atoms with van der Waals surface area (Å²) in [6.07, 6.45) is 2.19. The van der Waals surface area contributed by atoms with E-state index in [1.165, 1.54) is 0 Å². The van der Waals surface area contributed by atoms with Crippen LogP contribution in [0.3, 0.4) is 0 Å². The first kappa shape index (κ1) is 22.7. The van der Waals surface area contributed by atoms with Gasteiger partial charge in [-0.15, -0.1) is 0 Å². The number of piperazine rings is 1. The molecular weight excluding hydrogens is 444 g/mol. The van der Waals surface area contributed by atoms with E-state index in [-0.39, 0.29) is 6.54 Å². The van der Waals surface area contributed by atoms with Crippen LogP contribution in [0.5, 0.6) is 5.75 Å². The molecule has 178 valence electrons. The Morgan fingerprint density at radius 3 is 2.26 bits per heavy atom. The summed E-state index contributed by atoms with van der Waals surface area (Å²) in [5.74, 6) is -2.30. The highest BCUT2D eigenvalue weighted by Gasteiger charge is 2.50. The van der Waals surface area contributed by atoms with Crippen molar-refractivity contribution in [3.63, 3.8) is 0 Å². The Morgan fingerprint density at radius 2 is 1.51 bits per heavy atom. The van der Waals surface area contributed by atoms with Gasteiger partial charge in [-0.05, 0) is 34.9 Å². The Bertz CT molecular complexity index is 1240. The van der Waals surface area contributed by atoms with Gasteiger partial charge in [0.2, 0.25) is 0 Å². The molecular formula is C28H26N2O5. The zero-order valence-corrected chi connectivity index (χ0v) is 19.4. The van der Waals surface area contributed by atoms with E-state index in [0.29, 0.717) is 31.1 Å². The minimum Gasteiger partial charge on any atom is -0.495 e. The molecule has 2 heterocycles. The van der Waals surface area contributed by atoms with E-state index < -0.39 is 17.8 Å². The number of carbonyl (C=O) groups is 2. The lowest BCUT2D eigenvalue weighted by Crippen LogP contribution is -2.66. The quantitative estimate of drug-likeness (QED) is 0.522. The lowest BCUT2D eigenvalue weighted by atomic mass is 10.0. The van der Waals surface area contributed by atoms with Gasteiger partial charge in [0.05, 0.1) is 19.3 Å². The van der Waals surface area contributed by atoms with Gasteiger partial charge in [0.15, 0.2) is 0 Å². The molecule has 5 rings (SSSR count). The van der Waals surface area contributed by atoms with Gasteiger partial charge in [-0.3, -0.25) is 9.80 Å². The van der Waals surface area contributed by atoms with Gasteiger partial charge >= 0.3 is 17.8 Å². The molecule has 1 spiro atoms. The van der Waals surface area contributed by atoms with Crippen LogP contribution in [0.4, 0.5) is 5.69 Å². The van der Waals surface area contributed by atoms with Gasteiger partial charge in [0, 0.05) is 31.8 Å². The molecule has 0 bridgehead atoms. The third kappa shape index (κ3) is 4.76. The van der Waals surface area contributed by atoms with E-state index in [4.69, 9.17) is 14.2 Å². The van der Waals surface area contributed by atoms with Crippen LogP contribution in [0.25, 0.3) is 11.1 Å². The molecule has 1 fully saturated rings. The lowest BCUT2D eigenvalue weighted by molar-refractivity contribution is -0.232. The fourth-order valence-corrected chi connectivity index (χ4v) is 4.60. The molecule has 0 amide bonds. The number of anilines is 1. The summed E-state index contributed by atoms with van der Waals surface area (Å²) in [5, 5.41) is 0. The number of rotatable bonds is 5. The van der Waals surface area contributed by atoms with Crippen molar-refractivity contribution in [1.29, 1.82) is 0 Å². The number of nitrogens with zero attached hydrogens (tertiary/aromatic N) is 2. The zero-order valence-electron chi connectivity index (χ0n) is 19.4. The van der Waals surface area contributed by atoms with Crippen LogP contribution in [-0.2, 0) is 25.6 Å². The Labute approximate surface area is 204 Å². The number of methoxy groups -OCH3 is 1. The largest absolute Gasteiger partial charge is 0.495 e. The molecule has 0 aliphatic carbocycles. The summed E-state index contributed by atoms with van der Waals surface area (Å²) in [6, 6.07) is 25.9. The summed E-state index contributed by atoms with van der Waals surface area (Å²) >= 11 is 0. The SMILES string of the molecule is COc1ccccc1N1CCN(Cc2cccc(-c3ccccc3)c2)CC12OC(=O)C=CC(=O)O2. The maximum absolute atomic E-state index is 12.5. The summed E-state index contributed by atoms with van der Waals surface area (Å²) in [7, 11) is 1.58. The van der Waals surface area contributed by atoms with Crippen LogP contribution in [0.2, 0.25) is 0 Å². The van der Waals surface area contributed by atoms with Crippen molar-refractivity contribution in [2.24, 2.45) is 0 Å². The zero-order chi connectivity index (χ0) is 24.3. The van der Waals surface area contributed by atoms with Gasteiger partial charge < -0.3 is 14.2 Å². The molecule has 7 nitrogen and oxygen atoms in total. The monoisotopic (exact) mass is 470 g/mol. The second-order valence-electron chi connectivity index (χ2n) is 8.49. The second kappa shape index (κ2) is 9.64. The standard InChI is InChI=1S/C28H26N2O5/c1-33-25-13-6-5-12-24(25)30-17-16-29(20-28(30)34-26(31)14-15-27(32)35-28)19-21-8-7-11-23(18-21)22-9-3-2-4-10-22/h2-15,18H,16-17,19-20H2,1H3. The van der Waals surface area contributed by atoms with E-state index in [0.717, 1.165) is 28.8 Å². The Morgan fingerprint density at radius 1 is 0.829 bits per heavy atom. The van der Waals surface area contributed by atoms with E-state index in [1.807, 2.05) is 48.5 Å².